The van der Waals surface area contributed by atoms with Crippen molar-refractivity contribution in [2.24, 2.45) is 0 Å². The minimum Gasteiger partial charge on any atom is -0.462 e. The zero-order valence-corrected chi connectivity index (χ0v) is 18.9. The number of anilines is 1. The van der Waals surface area contributed by atoms with Gasteiger partial charge in [0.05, 0.1) is 12.1 Å². The summed E-state index contributed by atoms with van der Waals surface area (Å²) in [7, 11) is 0. The van der Waals surface area contributed by atoms with Gasteiger partial charge in [0.2, 0.25) is 0 Å². The number of rotatable bonds is 5. The number of hydrogen-bond donors (Lipinski definition) is 1. The number of amides is 1. The summed E-state index contributed by atoms with van der Waals surface area (Å²) in [6, 6.07) is 5.39. The van der Waals surface area contributed by atoms with E-state index in [1.165, 1.54) is 4.40 Å². The summed E-state index contributed by atoms with van der Waals surface area (Å²) in [6.07, 6.45) is 3.43. The monoisotopic (exact) mass is 429 g/mol. The highest BCUT2D eigenvalue weighted by Crippen LogP contribution is 2.27. The van der Waals surface area contributed by atoms with Gasteiger partial charge in [0, 0.05) is 18.4 Å². The number of carbonyl (C=O) groups is 2. The number of fused-ring (bicyclic) bond motifs is 1. The average Bonchev–Trinajstić information content (AvgIpc) is 3.14. The van der Waals surface area contributed by atoms with Crippen molar-refractivity contribution in [1.29, 1.82) is 0 Å². The van der Waals surface area contributed by atoms with Gasteiger partial charge in [-0.25, -0.2) is 9.59 Å². The quantitative estimate of drug-likeness (QED) is 0.732. The van der Waals surface area contributed by atoms with E-state index >= 15 is 0 Å². The number of ether oxygens (including phenoxy) is 2. The number of esters is 1. The first kappa shape index (κ1) is 22.7. The van der Waals surface area contributed by atoms with Crippen molar-refractivity contribution in [1.82, 2.24) is 9.72 Å². The number of alkyl carbamates (subject to hydrolysis) is 1. The molecule has 1 aliphatic rings. The van der Waals surface area contributed by atoms with Crippen molar-refractivity contribution < 1.29 is 19.1 Å². The second-order valence-electron chi connectivity index (χ2n) is 8.60. The SMILES string of the molecule is CCOC(=O)c1cc(CC)c2cc(N3CCCC3NC(=O)OC(C)(C)C)ccn2c1=O. The van der Waals surface area contributed by atoms with Gasteiger partial charge < -0.3 is 19.7 Å². The molecule has 168 valence electrons. The lowest BCUT2D eigenvalue weighted by molar-refractivity contribution is 0.0501. The van der Waals surface area contributed by atoms with E-state index in [1.807, 2.05) is 39.8 Å². The fraction of sp³-hybridized carbons (Fsp3) is 0.522. The number of pyridine rings is 2. The highest BCUT2D eigenvalue weighted by Gasteiger charge is 2.28. The molecular weight excluding hydrogens is 398 g/mol. The average molecular weight is 430 g/mol. The molecule has 1 N–H and O–H groups in total. The third-order valence-electron chi connectivity index (χ3n) is 5.18. The molecule has 1 atom stereocenters. The van der Waals surface area contributed by atoms with Crippen molar-refractivity contribution >= 4 is 23.3 Å². The van der Waals surface area contributed by atoms with E-state index in [0.717, 1.165) is 36.2 Å². The summed E-state index contributed by atoms with van der Waals surface area (Å²) in [5.74, 6) is -0.609. The summed E-state index contributed by atoms with van der Waals surface area (Å²) in [4.78, 5) is 39.4. The second kappa shape index (κ2) is 8.99. The zero-order chi connectivity index (χ0) is 22.8. The lowest BCUT2D eigenvalue weighted by atomic mass is 10.1. The van der Waals surface area contributed by atoms with Crippen molar-refractivity contribution in [2.75, 3.05) is 18.1 Å². The van der Waals surface area contributed by atoms with Gasteiger partial charge >= 0.3 is 12.1 Å². The van der Waals surface area contributed by atoms with E-state index in [4.69, 9.17) is 9.47 Å². The predicted octanol–water partition coefficient (Wildman–Crippen LogP) is 3.49. The number of aryl methyl sites for hydroxylation is 1. The fourth-order valence-electron chi connectivity index (χ4n) is 3.84. The van der Waals surface area contributed by atoms with Gasteiger partial charge in [-0.05, 0) is 70.7 Å². The molecule has 8 nitrogen and oxygen atoms in total. The Kier molecular flexibility index (Phi) is 6.57. The van der Waals surface area contributed by atoms with Gasteiger partial charge in [-0.2, -0.15) is 0 Å². The number of nitrogens with one attached hydrogen (secondary N) is 1. The molecule has 0 saturated carbocycles. The van der Waals surface area contributed by atoms with E-state index in [1.54, 1.807) is 19.2 Å². The smallest absolute Gasteiger partial charge is 0.409 e. The molecule has 2 aromatic rings. The summed E-state index contributed by atoms with van der Waals surface area (Å²) in [6.45, 7) is 10.2. The van der Waals surface area contributed by atoms with Crippen LogP contribution >= 0.6 is 0 Å². The van der Waals surface area contributed by atoms with Crippen molar-refractivity contribution in [2.45, 2.75) is 65.6 Å². The Bertz CT molecular complexity index is 1040. The number of aromatic nitrogens is 1. The molecule has 0 radical (unpaired) electrons. The Morgan fingerprint density at radius 1 is 1.23 bits per heavy atom. The molecule has 0 bridgehead atoms. The highest BCUT2D eigenvalue weighted by atomic mass is 16.6. The maximum atomic E-state index is 12.9. The number of hydrogen-bond acceptors (Lipinski definition) is 6. The first-order valence-corrected chi connectivity index (χ1v) is 10.8. The lowest BCUT2D eigenvalue weighted by Crippen LogP contribution is -2.46. The Morgan fingerprint density at radius 3 is 2.61 bits per heavy atom. The largest absolute Gasteiger partial charge is 0.462 e. The van der Waals surface area contributed by atoms with Crippen molar-refractivity contribution in [3.05, 3.63) is 45.9 Å². The standard InChI is InChI=1S/C23H31N3O5/c1-6-15-13-17(21(28)30-7-2)20(27)26-12-10-16(14-18(15)26)25-11-8-9-19(25)24-22(29)31-23(3,4)5/h10,12-14,19H,6-9,11H2,1-5H3,(H,24,29). The Labute approximate surface area is 182 Å². The first-order chi connectivity index (χ1) is 14.6. The molecule has 8 heteroatoms. The van der Waals surface area contributed by atoms with Gasteiger partial charge in [0.25, 0.3) is 5.56 Å². The van der Waals surface area contributed by atoms with Crippen LogP contribution in [-0.4, -0.2) is 41.4 Å². The van der Waals surface area contributed by atoms with Crippen LogP contribution in [0.2, 0.25) is 0 Å². The Balaban J connectivity index is 1.94. The normalized spacial score (nSPS) is 16.4. The van der Waals surface area contributed by atoms with Crippen LogP contribution in [-0.2, 0) is 15.9 Å². The third-order valence-corrected chi connectivity index (χ3v) is 5.18. The van der Waals surface area contributed by atoms with E-state index < -0.39 is 23.2 Å². The van der Waals surface area contributed by atoms with E-state index in [9.17, 15) is 14.4 Å². The second-order valence-corrected chi connectivity index (χ2v) is 8.60. The molecule has 3 rings (SSSR count). The summed E-state index contributed by atoms with van der Waals surface area (Å²) >= 11 is 0. The van der Waals surface area contributed by atoms with Crippen molar-refractivity contribution in [3.8, 4) is 0 Å². The molecule has 1 unspecified atom stereocenters. The molecule has 0 aliphatic carbocycles. The van der Waals surface area contributed by atoms with Crippen LogP contribution in [0.1, 0.15) is 63.4 Å². The van der Waals surface area contributed by atoms with Crippen LogP contribution in [0.25, 0.3) is 5.52 Å². The molecule has 1 saturated heterocycles. The number of nitrogens with zero attached hydrogens (tertiary/aromatic N) is 2. The summed E-state index contributed by atoms with van der Waals surface area (Å²) in [5.41, 5.74) is 1.58. The Morgan fingerprint density at radius 2 is 1.97 bits per heavy atom. The molecular formula is C23H31N3O5. The van der Waals surface area contributed by atoms with Crippen LogP contribution in [0.3, 0.4) is 0 Å². The predicted molar refractivity (Wildman–Crippen MR) is 119 cm³/mol. The van der Waals surface area contributed by atoms with Crippen LogP contribution in [0.5, 0.6) is 0 Å². The van der Waals surface area contributed by atoms with Crippen LogP contribution in [0.4, 0.5) is 10.5 Å². The first-order valence-electron chi connectivity index (χ1n) is 10.8. The third kappa shape index (κ3) is 5.00. The van der Waals surface area contributed by atoms with Gasteiger partial charge in [-0.15, -0.1) is 0 Å². The maximum Gasteiger partial charge on any atom is 0.409 e. The molecule has 0 spiro atoms. The Hall–Kier alpha value is -3.03. The van der Waals surface area contributed by atoms with Crippen LogP contribution in [0.15, 0.2) is 29.2 Å². The minimum absolute atomic E-state index is 0.0367. The van der Waals surface area contributed by atoms with Crippen LogP contribution < -0.4 is 15.8 Å². The van der Waals surface area contributed by atoms with Gasteiger partial charge in [0.1, 0.15) is 17.3 Å². The molecule has 31 heavy (non-hydrogen) atoms. The lowest BCUT2D eigenvalue weighted by Gasteiger charge is -2.29. The molecule has 1 amide bonds. The fourth-order valence-corrected chi connectivity index (χ4v) is 3.84. The van der Waals surface area contributed by atoms with E-state index in [0.29, 0.717) is 6.42 Å². The van der Waals surface area contributed by atoms with E-state index in [-0.39, 0.29) is 18.3 Å². The number of carbonyl (C=O) groups excluding carboxylic acids is 2. The molecule has 0 aromatic carbocycles. The van der Waals surface area contributed by atoms with E-state index in [2.05, 4.69) is 10.2 Å². The van der Waals surface area contributed by atoms with Gasteiger partial charge in [0.15, 0.2) is 0 Å². The summed E-state index contributed by atoms with van der Waals surface area (Å²) < 4.78 is 11.9. The molecule has 1 fully saturated rings. The maximum absolute atomic E-state index is 12.9. The minimum atomic E-state index is -0.609. The highest BCUT2D eigenvalue weighted by molar-refractivity contribution is 5.90. The van der Waals surface area contributed by atoms with Gasteiger partial charge in [-0.1, -0.05) is 6.92 Å². The van der Waals surface area contributed by atoms with Gasteiger partial charge in [-0.3, -0.25) is 9.20 Å². The topological polar surface area (TPSA) is 89.3 Å². The van der Waals surface area contributed by atoms with Crippen LogP contribution in [0, 0.1) is 0 Å². The molecule has 2 aromatic heterocycles. The van der Waals surface area contributed by atoms with Crippen molar-refractivity contribution in [3.63, 3.8) is 0 Å². The zero-order valence-electron chi connectivity index (χ0n) is 18.9. The molecule has 1 aliphatic heterocycles. The molecule has 3 heterocycles. The summed E-state index contributed by atoms with van der Waals surface area (Å²) in [5, 5.41) is 2.95.